The van der Waals surface area contributed by atoms with Crippen molar-refractivity contribution in [1.82, 2.24) is 19.6 Å². The van der Waals surface area contributed by atoms with Crippen LogP contribution in [0.5, 0.6) is 5.75 Å². The molecule has 0 unspecified atom stereocenters. The van der Waals surface area contributed by atoms with Crippen molar-refractivity contribution in [3.63, 3.8) is 0 Å². The SMILES string of the molecule is CCCCCCCCc1nc(C)c2c(=O)[nH]c(-c3cc(C(=O)CBr)ccc3OCC)nn12. The maximum atomic E-state index is 12.9. The lowest BCUT2D eigenvalue weighted by Gasteiger charge is -2.12. The van der Waals surface area contributed by atoms with Gasteiger partial charge in [0.25, 0.3) is 5.56 Å². The van der Waals surface area contributed by atoms with Crippen molar-refractivity contribution in [3.8, 4) is 17.1 Å². The van der Waals surface area contributed by atoms with Gasteiger partial charge >= 0.3 is 0 Å². The number of fused-ring (bicyclic) bond motifs is 1. The number of benzene rings is 1. The van der Waals surface area contributed by atoms with E-state index in [1.54, 1.807) is 22.7 Å². The van der Waals surface area contributed by atoms with Crippen LogP contribution in [0.4, 0.5) is 0 Å². The van der Waals surface area contributed by atoms with Gasteiger partial charge in [-0.05, 0) is 38.5 Å². The lowest BCUT2D eigenvalue weighted by molar-refractivity contribution is 0.102. The number of imidazole rings is 1. The van der Waals surface area contributed by atoms with Crippen LogP contribution in [0.1, 0.15) is 74.2 Å². The van der Waals surface area contributed by atoms with Gasteiger partial charge in [-0.25, -0.2) is 9.50 Å². The summed E-state index contributed by atoms with van der Waals surface area (Å²) in [5.41, 5.74) is 1.97. The van der Waals surface area contributed by atoms with Gasteiger partial charge in [-0.2, -0.15) is 0 Å². The second-order valence-corrected chi connectivity index (χ2v) is 8.46. The van der Waals surface area contributed by atoms with Gasteiger partial charge in [0.1, 0.15) is 11.6 Å². The molecule has 8 heteroatoms. The fourth-order valence-electron chi connectivity index (χ4n) is 3.83. The Balaban J connectivity index is 1.99. The first-order valence-electron chi connectivity index (χ1n) is 11.3. The van der Waals surface area contributed by atoms with Gasteiger partial charge in [-0.3, -0.25) is 9.59 Å². The standard InChI is InChI=1S/C24H31BrN4O3/c1-4-6-7-8-9-10-11-21-26-16(3)22-24(31)27-23(28-29(21)22)18-14-17(19(30)15-25)12-13-20(18)32-5-2/h12-14H,4-11,15H2,1-3H3,(H,27,28,31). The molecule has 3 rings (SSSR count). The van der Waals surface area contributed by atoms with E-state index in [1.807, 2.05) is 13.8 Å². The molecule has 0 bridgehead atoms. The van der Waals surface area contributed by atoms with E-state index >= 15 is 0 Å². The number of ketones is 1. The fourth-order valence-corrected chi connectivity index (χ4v) is 4.15. The summed E-state index contributed by atoms with van der Waals surface area (Å²) in [5, 5.41) is 4.93. The van der Waals surface area contributed by atoms with Crippen LogP contribution in [0.15, 0.2) is 23.0 Å². The number of aryl methyl sites for hydroxylation is 2. The molecule has 0 aliphatic carbocycles. The molecule has 0 atom stereocenters. The van der Waals surface area contributed by atoms with Crippen molar-refractivity contribution in [1.29, 1.82) is 0 Å². The summed E-state index contributed by atoms with van der Waals surface area (Å²) in [5.74, 6) is 1.65. The summed E-state index contributed by atoms with van der Waals surface area (Å²) in [4.78, 5) is 32.6. The number of hydrogen-bond acceptors (Lipinski definition) is 5. The molecular formula is C24H31BrN4O3. The molecule has 0 spiro atoms. The number of unbranched alkanes of at least 4 members (excludes halogenated alkanes) is 5. The minimum atomic E-state index is -0.256. The van der Waals surface area contributed by atoms with Crippen molar-refractivity contribution in [2.75, 3.05) is 11.9 Å². The minimum absolute atomic E-state index is 0.0556. The number of aromatic nitrogens is 4. The molecule has 172 valence electrons. The van der Waals surface area contributed by atoms with E-state index in [4.69, 9.17) is 9.84 Å². The first kappa shape index (κ1) is 24.2. The third-order valence-corrected chi connectivity index (χ3v) is 5.98. The van der Waals surface area contributed by atoms with Gasteiger partial charge in [0.05, 0.1) is 23.2 Å². The number of nitrogens with zero attached hydrogens (tertiary/aromatic N) is 3. The highest BCUT2D eigenvalue weighted by Gasteiger charge is 2.18. The van der Waals surface area contributed by atoms with Crippen molar-refractivity contribution < 1.29 is 9.53 Å². The molecule has 2 heterocycles. The zero-order valence-electron chi connectivity index (χ0n) is 19.0. The Kier molecular flexibility index (Phi) is 8.61. The normalized spacial score (nSPS) is 11.2. The summed E-state index contributed by atoms with van der Waals surface area (Å²) in [6.45, 7) is 6.39. The smallest absolute Gasteiger partial charge is 0.277 e. The molecular weight excluding hydrogens is 472 g/mol. The molecule has 1 aromatic carbocycles. The highest BCUT2D eigenvalue weighted by molar-refractivity contribution is 9.09. The maximum Gasteiger partial charge on any atom is 0.277 e. The van der Waals surface area contributed by atoms with E-state index < -0.39 is 0 Å². The number of H-pyrrole nitrogens is 1. The summed E-state index contributed by atoms with van der Waals surface area (Å²) >= 11 is 3.22. The van der Waals surface area contributed by atoms with Crippen molar-refractivity contribution in [3.05, 3.63) is 45.6 Å². The van der Waals surface area contributed by atoms with Crippen LogP contribution in [0.3, 0.4) is 0 Å². The van der Waals surface area contributed by atoms with Crippen LogP contribution in [-0.4, -0.2) is 37.3 Å². The van der Waals surface area contributed by atoms with Crippen molar-refractivity contribution >= 4 is 27.2 Å². The van der Waals surface area contributed by atoms with Gasteiger partial charge in [0.15, 0.2) is 17.1 Å². The number of nitrogens with one attached hydrogen (secondary N) is 1. The number of hydrogen-bond donors (Lipinski definition) is 1. The molecule has 7 nitrogen and oxygen atoms in total. The first-order valence-corrected chi connectivity index (χ1v) is 12.5. The summed E-state index contributed by atoms with van der Waals surface area (Å²) < 4.78 is 7.41. The van der Waals surface area contributed by atoms with Crippen LogP contribution in [-0.2, 0) is 6.42 Å². The van der Waals surface area contributed by atoms with Crippen LogP contribution < -0.4 is 10.3 Å². The van der Waals surface area contributed by atoms with Crippen LogP contribution in [0.2, 0.25) is 0 Å². The summed E-state index contributed by atoms with van der Waals surface area (Å²) in [7, 11) is 0. The number of halogens is 1. The van der Waals surface area contributed by atoms with Gasteiger partial charge in [0, 0.05) is 12.0 Å². The molecule has 0 amide bonds. The highest BCUT2D eigenvalue weighted by atomic mass is 79.9. The lowest BCUT2D eigenvalue weighted by Crippen LogP contribution is -2.16. The zero-order chi connectivity index (χ0) is 23.1. The van der Waals surface area contributed by atoms with Crippen LogP contribution >= 0.6 is 15.9 Å². The highest BCUT2D eigenvalue weighted by Crippen LogP contribution is 2.29. The van der Waals surface area contributed by atoms with Crippen molar-refractivity contribution in [2.45, 2.75) is 65.7 Å². The predicted molar refractivity (Wildman–Crippen MR) is 130 cm³/mol. The molecule has 0 saturated carbocycles. The minimum Gasteiger partial charge on any atom is -0.493 e. The van der Waals surface area contributed by atoms with Gasteiger partial charge < -0.3 is 9.72 Å². The molecule has 0 fully saturated rings. The molecule has 2 aromatic heterocycles. The summed E-state index contributed by atoms with van der Waals surface area (Å²) in [6.07, 6.45) is 7.86. The van der Waals surface area contributed by atoms with E-state index in [1.165, 1.54) is 25.7 Å². The third kappa shape index (κ3) is 5.46. The average Bonchev–Trinajstić information content (AvgIpc) is 3.11. The first-order chi connectivity index (χ1) is 15.5. The van der Waals surface area contributed by atoms with Crippen LogP contribution in [0.25, 0.3) is 16.9 Å². The quantitative estimate of drug-likeness (QED) is 0.207. The Morgan fingerprint density at radius 2 is 1.91 bits per heavy atom. The third-order valence-electron chi connectivity index (χ3n) is 5.47. The maximum absolute atomic E-state index is 12.9. The molecule has 0 radical (unpaired) electrons. The number of alkyl halides is 1. The lowest BCUT2D eigenvalue weighted by atomic mass is 10.1. The number of carbonyl (C=O) groups is 1. The monoisotopic (exact) mass is 502 g/mol. The van der Waals surface area contributed by atoms with Gasteiger partial charge in [-0.15, -0.1) is 5.10 Å². The number of aromatic amines is 1. The van der Waals surface area contributed by atoms with Crippen LogP contribution in [0, 0.1) is 6.92 Å². The zero-order valence-corrected chi connectivity index (χ0v) is 20.6. The van der Waals surface area contributed by atoms with Gasteiger partial charge in [0.2, 0.25) is 0 Å². The van der Waals surface area contributed by atoms with Crippen molar-refractivity contribution in [2.24, 2.45) is 0 Å². The number of ether oxygens (including phenoxy) is 1. The number of Topliss-reactive ketones (excluding diaryl/α,β-unsaturated/α-hetero) is 1. The number of carbonyl (C=O) groups excluding carboxylic acids is 1. The van der Waals surface area contributed by atoms with E-state index in [9.17, 15) is 9.59 Å². The Hall–Kier alpha value is -2.48. The Labute approximate surface area is 196 Å². The Bertz CT molecular complexity index is 1140. The fraction of sp³-hybridized carbons (Fsp3) is 0.500. The molecule has 0 aliphatic heterocycles. The van der Waals surface area contributed by atoms with E-state index in [2.05, 4.69) is 32.8 Å². The molecule has 3 aromatic rings. The van der Waals surface area contributed by atoms with E-state index in [0.717, 1.165) is 25.1 Å². The largest absolute Gasteiger partial charge is 0.493 e. The number of rotatable bonds is 12. The second-order valence-electron chi connectivity index (χ2n) is 7.90. The van der Waals surface area contributed by atoms with E-state index in [0.29, 0.717) is 40.5 Å². The Morgan fingerprint density at radius 3 is 2.62 bits per heavy atom. The Morgan fingerprint density at radius 1 is 1.16 bits per heavy atom. The second kappa shape index (κ2) is 11.4. The molecule has 0 saturated heterocycles. The molecule has 0 aliphatic rings. The van der Waals surface area contributed by atoms with E-state index in [-0.39, 0.29) is 16.7 Å². The molecule has 32 heavy (non-hydrogen) atoms. The molecule has 1 N–H and O–H groups in total. The topological polar surface area (TPSA) is 89.3 Å². The predicted octanol–water partition coefficient (Wildman–Crippen LogP) is 5.27. The average molecular weight is 503 g/mol. The summed E-state index contributed by atoms with van der Waals surface area (Å²) in [6, 6.07) is 5.19. The van der Waals surface area contributed by atoms with Gasteiger partial charge in [-0.1, -0.05) is 55.0 Å².